The molecule has 2 fully saturated rings. The molecule has 0 aromatic carbocycles. The Hall–Kier alpha value is -1.10. The molecule has 1 amide bonds. The van der Waals surface area contributed by atoms with Crippen LogP contribution in [0.15, 0.2) is 0 Å². The third kappa shape index (κ3) is 1.69. The molecule has 1 atom stereocenters. The van der Waals surface area contributed by atoms with E-state index in [0.717, 1.165) is 25.7 Å². The van der Waals surface area contributed by atoms with Crippen LogP contribution in [0.4, 0.5) is 0 Å². The third-order valence-corrected chi connectivity index (χ3v) is 3.50. The highest BCUT2D eigenvalue weighted by Gasteiger charge is 2.58. The Balaban J connectivity index is 2.28. The zero-order chi connectivity index (χ0) is 11.8. The Morgan fingerprint density at radius 1 is 1.50 bits per heavy atom. The number of ether oxygens (including phenoxy) is 1. The van der Waals surface area contributed by atoms with Gasteiger partial charge in [0.05, 0.1) is 6.61 Å². The fourth-order valence-corrected chi connectivity index (χ4v) is 2.39. The van der Waals surface area contributed by atoms with E-state index in [1.807, 2.05) is 0 Å². The van der Waals surface area contributed by atoms with Crippen LogP contribution in [0.3, 0.4) is 0 Å². The van der Waals surface area contributed by atoms with Crippen molar-refractivity contribution in [1.29, 1.82) is 0 Å². The smallest absolute Gasteiger partial charge is 0.332 e. The number of nitrogens with zero attached hydrogens (tertiary/aromatic N) is 1. The Morgan fingerprint density at radius 2 is 2.12 bits per heavy atom. The fourth-order valence-electron chi connectivity index (χ4n) is 2.39. The molecule has 0 aromatic rings. The highest BCUT2D eigenvalue weighted by Crippen LogP contribution is 2.46. The van der Waals surface area contributed by atoms with Crippen LogP contribution in [0.1, 0.15) is 25.7 Å². The minimum atomic E-state index is -1.13. The summed E-state index contributed by atoms with van der Waals surface area (Å²) in [5, 5.41) is 9.46. The lowest BCUT2D eigenvalue weighted by atomic mass is 9.92. The van der Waals surface area contributed by atoms with Crippen molar-refractivity contribution in [2.24, 2.45) is 5.92 Å². The van der Waals surface area contributed by atoms with Crippen LogP contribution < -0.4 is 0 Å². The molecule has 1 N–H and O–H groups in total. The van der Waals surface area contributed by atoms with Gasteiger partial charge < -0.3 is 14.7 Å². The lowest BCUT2D eigenvalue weighted by molar-refractivity contribution is -0.162. The number of methoxy groups -OCH3 is 1. The van der Waals surface area contributed by atoms with Crippen molar-refractivity contribution in [3.63, 3.8) is 0 Å². The minimum absolute atomic E-state index is 0.0516. The van der Waals surface area contributed by atoms with E-state index in [4.69, 9.17) is 4.74 Å². The first kappa shape index (κ1) is 11.4. The highest BCUT2D eigenvalue weighted by molar-refractivity contribution is 5.83. The normalized spacial score (nSPS) is 23.6. The summed E-state index contributed by atoms with van der Waals surface area (Å²) in [4.78, 5) is 24.2. The van der Waals surface area contributed by atoms with Crippen LogP contribution >= 0.6 is 0 Å². The molecule has 0 aliphatic heterocycles. The fraction of sp³-hybridized carbons (Fsp3) is 0.818. The van der Waals surface area contributed by atoms with Crippen molar-refractivity contribution in [2.75, 3.05) is 13.7 Å². The Labute approximate surface area is 94.4 Å². The lowest BCUT2D eigenvalue weighted by Gasteiger charge is -2.38. The highest BCUT2D eigenvalue weighted by atomic mass is 16.5. The molecule has 0 aromatic heterocycles. The zero-order valence-corrected chi connectivity index (χ0v) is 9.39. The average molecular weight is 227 g/mol. The molecule has 2 saturated carbocycles. The SMILES string of the molecule is COCC(C(=O)O)(C1CC1)N(C=O)C1CC1. The average Bonchev–Trinajstić information content (AvgIpc) is 3.08. The standard InChI is InChI=1S/C11H17NO4/c1-16-6-11(10(14)15,8-2-3-8)12(7-13)9-4-5-9/h7-9H,2-6H2,1H3,(H,14,15). The number of rotatable bonds is 7. The summed E-state index contributed by atoms with van der Waals surface area (Å²) in [5.74, 6) is -0.883. The summed E-state index contributed by atoms with van der Waals surface area (Å²) in [6.07, 6.45) is 4.23. The number of carboxylic acids is 1. The van der Waals surface area contributed by atoms with Gasteiger partial charge in [0.2, 0.25) is 6.41 Å². The van der Waals surface area contributed by atoms with Crippen molar-refractivity contribution in [2.45, 2.75) is 37.3 Å². The van der Waals surface area contributed by atoms with E-state index in [-0.39, 0.29) is 18.6 Å². The molecule has 0 saturated heterocycles. The van der Waals surface area contributed by atoms with E-state index < -0.39 is 11.5 Å². The van der Waals surface area contributed by atoms with Gasteiger partial charge in [-0.3, -0.25) is 4.79 Å². The molecule has 5 nitrogen and oxygen atoms in total. The van der Waals surface area contributed by atoms with Gasteiger partial charge >= 0.3 is 5.97 Å². The predicted octanol–water partition coefficient (Wildman–Crippen LogP) is 0.487. The molecule has 0 heterocycles. The largest absolute Gasteiger partial charge is 0.479 e. The monoisotopic (exact) mass is 227 g/mol. The summed E-state index contributed by atoms with van der Waals surface area (Å²) >= 11 is 0. The van der Waals surface area contributed by atoms with Gasteiger partial charge in [-0.1, -0.05) is 0 Å². The maximum absolute atomic E-state index is 11.5. The molecule has 0 bridgehead atoms. The van der Waals surface area contributed by atoms with Crippen molar-refractivity contribution >= 4 is 12.4 Å². The minimum Gasteiger partial charge on any atom is -0.479 e. The van der Waals surface area contributed by atoms with Gasteiger partial charge in [0.25, 0.3) is 0 Å². The summed E-state index contributed by atoms with van der Waals surface area (Å²) in [5.41, 5.74) is -1.13. The van der Waals surface area contributed by atoms with Crippen LogP contribution in [-0.4, -0.2) is 47.7 Å². The number of hydrogen-bond donors (Lipinski definition) is 1. The van der Waals surface area contributed by atoms with E-state index in [9.17, 15) is 14.7 Å². The number of carboxylic acid groups (broad SMARTS) is 1. The first-order valence-electron chi connectivity index (χ1n) is 5.63. The second kappa shape index (κ2) is 4.05. The molecule has 2 rings (SSSR count). The maximum atomic E-state index is 11.5. The van der Waals surface area contributed by atoms with Crippen LogP contribution in [0, 0.1) is 5.92 Å². The molecule has 0 spiro atoms. The summed E-state index contributed by atoms with van der Waals surface area (Å²) in [6.45, 7) is 0.0856. The number of carbonyl (C=O) groups excluding carboxylic acids is 1. The van der Waals surface area contributed by atoms with E-state index in [1.54, 1.807) is 0 Å². The second-order valence-corrected chi connectivity index (χ2v) is 4.68. The van der Waals surface area contributed by atoms with Crippen molar-refractivity contribution in [3.8, 4) is 0 Å². The van der Waals surface area contributed by atoms with E-state index in [2.05, 4.69) is 0 Å². The second-order valence-electron chi connectivity index (χ2n) is 4.68. The molecule has 2 aliphatic carbocycles. The topological polar surface area (TPSA) is 66.8 Å². The lowest BCUT2D eigenvalue weighted by Crippen LogP contribution is -2.59. The van der Waals surface area contributed by atoms with Crippen molar-refractivity contribution in [1.82, 2.24) is 4.90 Å². The van der Waals surface area contributed by atoms with Gasteiger partial charge in [-0.05, 0) is 31.6 Å². The Morgan fingerprint density at radius 3 is 2.44 bits per heavy atom. The molecule has 0 radical (unpaired) electrons. The van der Waals surface area contributed by atoms with E-state index >= 15 is 0 Å². The van der Waals surface area contributed by atoms with Crippen molar-refractivity contribution in [3.05, 3.63) is 0 Å². The zero-order valence-electron chi connectivity index (χ0n) is 9.39. The van der Waals surface area contributed by atoms with Gasteiger partial charge in [-0.2, -0.15) is 0 Å². The summed E-state index contributed by atoms with van der Waals surface area (Å²) < 4.78 is 5.05. The van der Waals surface area contributed by atoms with Crippen LogP contribution in [0.5, 0.6) is 0 Å². The molecule has 16 heavy (non-hydrogen) atoms. The molecule has 5 heteroatoms. The molecular weight excluding hydrogens is 210 g/mol. The summed E-state index contributed by atoms with van der Waals surface area (Å²) in [6, 6.07) is 0.101. The summed E-state index contributed by atoms with van der Waals surface area (Å²) in [7, 11) is 1.48. The van der Waals surface area contributed by atoms with Gasteiger partial charge in [-0.25, -0.2) is 4.79 Å². The van der Waals surface area contributed by atoms with Crippen LogP contribution in [0.2, 0.25) is 0 Å². The number of hydrogen-bond acceptors (Lipinski definition) is 3. The van der Waals surface area contributed by atoms with Crippen LogP contribution in [-0.2, 0) is 14.3 Å². The molecule has 90 valence electrons. The van der Waals surface area contributed by atoms with Gasteiger partial charge in [0.15, 0.2) is 5.54 Å². The van der Waals surface area contributed by atoms with Gasteiger partial charge in [0, 0.05) is 13.2 Å². The molecule has 1 unspecified atom stereocenters. The quantitative estimate of drug-likeness (QED) is 0.643. The number of aliphatic carboxylic acids is 1. The Kier molecular flexibility index (Phi) is 2.88. The van der Waals surface area contributed by atoms with Crippen molar-refractivity contribution < 1.29 is 19.4 Å². The predicted molar refractivity (Wildman–Crippen MR) is 55.9 cm³/mol. The first-order chi connectivity index (χ1) is 7.66. The molecule has 2 aliphatic rings. The van der Waals surface area contributed by atoms with E-state index in [0.29, 0.717) is 6.41 Å². The number of amides is 1. The molecular formula is C11H17NO4. The maximum Gasteiger partial charge on any atom is 0.332 e. The van der Waals surface area contributed by atoms with Gasteiger partial charge in [0.1, 0.15) is 0 Å². The van der Waals surface area contributed by atoms with Gasteiger partial charge in [-0.15, -0.1) is 0 Å². The van der Waals surface area contributed by atoms with Crippen LogP contribution in [0.25, 0.3) is 0 Å². The van der Waals surface area contributed by atoms with E-state index in [1.165, 1.54) is 12.0 Å². The Bertz CT molecular complexity index is 298. The third-order valence-electron chi connectivity index (χ3n) is 3.50. The number of carbonyl (C=O) groups is 2. The first-order valence-corrected chi connectivity index (χ1v) is 5.63.